The first-order valence-electron chi connectivity index (χ1n) is 7.59. The third kappa shape index (κ3) is 3.11. The summed E-state index contributed by atoms with van der Waals surface area (Å²) in [6, 6.07) is 7.73. The van der Waals surface area contributed by atoms with E-state index in [2.05, 4.69) is 5.16 Å². The molecule has 2 heterocycles. The number of fused-ring (bicyclic) bond motifs is 1. The molecule has 1 aliphatic rings. The van der Waals surface area contributed by atoms with Crippen LogP contribution in [0.2, 0.25) is 0 Å². The van der Waals surface area contributed by atoms with E-state index in [1.165, 1.54) is 6.26 Å². The van der Waals surface area contributed by atoms with E-state index in [0.29, 0.717) is 24.2 Å². The second kappa shape index (κ2) is 6.24. The Morgan fingerprint density at radius 3 is 2.87 bits per heavy atom. The van der Waals surface area contributed by atoms with Crippen molar-refractivity contribution < 1.29 is 19.2 Å². The molecule has 6 heteroatoms. The molecule has 0 aliphatic carbocycles. The van der Waals surface area contributed by atoms with Gasteiger partial charge >= 0.3 is 5.97 Å². The van der Waals surface area contributed by atoms with Gasteiger partial charge in [0.15, 0.2) is 5.69 Å². The average molecular weight is 314 g/mol. The summed E-state index contributed by atoms with van der Waals surface area (Å²) in [5, 5.41) is 12.7. The maximum absolute atomic E-state index is 12.8. The lowest BCUT2D eigenvalue weighted by molar-refractivity contribution is -0.137. The molecule has 1 aliphatic heterocycles. The molecule has 1 aromatic heterocycles. The normalized spacial score (nSPS) is 16.9. The molecule has 0 saturated carbocycles. The summed E-state index contributed by atoms with van der Waals surface area (Å²) in [4.78, 5) is 25.3. The summed E-state index contributed by atoms with van der Waals surface area (Å²) >= 11 is 0. The van der Waals surface area contributed by atoms with Crippen LogP contribution in [0.1, 0.15) is 34.5 Å². The molecule has 1 atom stereocenters. The minimum Gasteiger partial charge on any atom is -0.481 e. The minimum atomic E-state index is -0.811. The summed E-state index contributed by atoms with van der Waals surface area (Å²) in [6.07, 6.45) is 2.89. The highest BCUT2D eigenvalue weighted by molar-refractivity contribution is 6.06. The van der Waals surface area contributed by atoms with E-state index in [1.807, 2.05) is 24.3 Å². The van der Waals surface area contributed by atoms with Gasteiger partial charge in [0, 0.05) is 24.2 Å². The zero-order valence-corrected chi connectivity index (χ0v) is 12.9. The Morgan fingerprint density at radius 1 is 1.39 bits per heavy atom. The van der Waals surface area contributed by atoms with Crippen molar-refractivity contribution in [1.29, 1.82) is 0 Å². The Kier molecular flexibility index (Phi) is 4.14. The number of carboxylic acids is 1. The van der Waals surface area contributed by atoms with Crippen LogP contribution >= 0.6 is 0 Å². The lowest BCUT2D eigenvalue weighted by atomic mass is 9.89. The molecule has 23 heavy (non-hydrogen) atoms. The maximum atomic E-state index is 12.8. The molecule has 1 N–H and O–H groups in total. The number of carboxylic acid groups (broad SMARTS) is 1. The van der Waals surface area contributed by atoms with E-state index in [0.717, 1.165) is 17.7 Å². The summed E-state index contributed by atoms with van der Waals surface area (Å²) in [7, 11) is 0. The second-order valence-electron chi connectivity index (χ2n) is 5.89. The van der Waals surface area contributed by atoms with E-state index in [-0.39, 0.29) is 18.2 Å². The topological polar surface area (TPSA) is 83.6 Å². The molecule has 1 aromatic carbocycles. The molecule has 0 radical (unpaired) electrons. The number of para-hydroxylation sites is 1. The summed E-state index contributed by atoms with van der Waals surface area (Å²) in [5.41, 5.74) is 2.92. The molecule has 3 rings (SSSR count). The predicted molar refractivity (Wildman–Crippen MR) is 83.4 cm³/mol. The first-order valence-corrected chi connectivity index (χ1v) is 7.59. The fourth-order valence-electron chi connectivity index (χ4n) is 3.01. The van der Waals surface area contributed by atoms with Gasteiger partial charge in [0.2, 0.25) is 0 Å². The molecule has 0 saturated heterocycles. The highest BCUT2D eigenvalue weighted by atomic mass is 16.5. The standard InChI is InChI=1S/C17H18N2O4/c1-11-10-23-18-16(11)17(22)19-9-12(6-7-15(20)21)8-13-4-2-3-5-14(13)19/h2-5,10,12H,6-9H2,1H3,(H,20,21). The molecular weight excluding hydrogens is 296 g/mol. The Hall–Kier alpha value is -2.63. The predicted octanol–water partition coefficient (Wildman–Crippen LogP) is 2.67. The average Bonchev–Trinajstić information content (AvgIpc) is 2.97. The van der Waals surface area contributed by atoms with Crippen molar-refractivity contribution >= 4 is 17.6 Å². The van der Waals surface area contributed by atoms with Gasteiger partial charge in [-0.05, 0) is 37.3 Å². The molecule has 6 nitrogen and oxygen atoms in total. The first kappa shape index (κ1) is 15.3. The molecule has 1 unspecified atom stereocenters. The maximum Gasteiger partial charge on any atom is 0.303 e. The number of carbonyl (C=O) groups is 2. The van der Waals surface area contributed by atoms with Crippen molar-refractivity contribution in [3.05, 3.63) is 47.3 Å². The van der Waals surface area contributed by atoms with Crippen molar-refractivity contribution in [3.8, 4) is 0 Å². The SMILES string of the molecule is Cc1conc1C(=O)N1CC(CCC(=O)O)Cc2ccccc21. The molecule has 0 bridgehead atoms. The van der Waals surface area contributed by atoms with Crippen molar-refractivity contribution in [2.24, 2.45) is 5.92 Å². The van der Waals surface area contributed by atoms with Crippen molar-refractivity contribution in [1.82, 2.24) is 5.16 Å². The van der Waals surface area contributed by atoms with Crippen LogP contribution < -0.4 is 4.90 Å². The number of nitrogens with zero attached hydrogens (tertiary/aromatic N) is 2. The van der Waals surface area contributed by atoms with Gasteiger partial charge in [-0.15, -0.1) is 0 Å². The van der Waals surface area contributed by atoms with Gasteiger partial charge in [-0.1, -0.05) is 23.4 Å². The van der Waals surface area contributed by atoms with Gasteiger partial charge in [0.25, 0.3) is 5.91 Å². The van der Waals surface area contributed by atoms with Gasteiger partial charge in [-0.3, -0.25) is 9.59 Å². The highest BCUT2D eigenvalue weighted by Gasteiger charge is 2.31. The van der Waals surface area contributed by atoms with Crippen LogP contribution in [-0.2, 0) is 11.2 Å². The quantitative estimate of drug-likeness (QED) is 0.938. The van der Waals surface area contributed by atoms with Gasteiger partial charge in [0.1, 0.15) is 6.26 Å². The Labute approximate surface area is 133 Å². The van der Waals surface area contributed by atoms with Crippen molar-refractivity contribution in [2.45, 2.75) is 26.2 Å². The third-order valence-electron chi connectivity index (χ3n) is 4.19. The first-order chi connectivity index (χ1) is 11.1. The monoisotopic (exact) mass is 314 g/mol. The number of anilines is 1. The molecule has 1 amide bonds. The lowest BCUT2D eigenvalue weighted by Gasteiger charge is -2.34. The van der Waals surface area contributed by atoms with Crippen LogP contribution in [0.15, 0.2) is 35.1 Å². The van der Waals surface area contributed by atoms with E-state index in [9.17, 15) is 9.59 Å². The Bertz CT molecular complexity index is 738. The molecule has 0 fully saturated rings. The van der Waals surface area contributed by atoms with Gasteiger partial charge in [-0.25, -0.2) is 0 Å². The van der Waals surface area contributed by atoms with Crippen LogP contribution in [0.5, 0.6) is 0 Å². The molecular formula is C17H18N2O4. The molecule has 120 valence electrons. The zero-order chi connectivity index (χ0) is 16.4. The van der Waals surface area contributed by atoms with Crippen molar-refractivity contribution in [2.75, 3.05) is 11.4 Å². The van der Waals surface area contributed by atoms with Crippen LogP contribution in [0.25, 0.3) is 0 Å². The number of aliphatic carboxylic acids is 1. The van der Waals surface area contributed by atoms with Crippen LogP contribution in [0, 0.1) is 12.8 Å². The van der Waals surface area contributed by atoms with E-state index < -0.39 is 5.97 Å². The summed E-state index contributed by atoms with van der Waals surface area (Å²) < 4.78 is 4.88. The number of rotatable bonds is 4. The van der Waals surface area contributed by atoms with Crippen LogP contribution in [-0.4, -0.2) is 28.7 Å². The smallest absolute Gasteiger partial charge is 0.303 e. The number of amides is 1. The number of carbonyl (C=O) groups excluding carboxylic acids is 1. The summed E-state index contributed by atoms with van der Waals surface area (Å²) in [6.45, 7) is 2.27. The summed E-state index contributed by atoms with van der Waals surface area (Å²) in [5.74, 6) is -0.894. The van der Waals surface area contributed by atoms with Crippen LogP contribution in [0.4, 0.5) is 5.69 Å². The molecule has 2 aromatic rings. The number of hydrogen-bond donors (Lipinski definition) is 1. The van der Waals surface area contributed by atoms with Crippen LogP contribution in [0.3, 0.4) is 0 Å². The number of aryl methyl sites for hydroxylation is 1. The second-order valence-corrected chi connectivity index (χ2v) is 5.89. The van der Waals surface area contributed by atoms with E-state index in [1.54, 1.807) is 11.8 Å². The fraction of sp³-hybridized carbons (Fsp3) is 0.353. The minimum absolute atomic E-state index is 0.109. The number of benzene rings is 1. The van der Waals surface area contributed by atoms with E-state index >= 15 is 0 Å². The largest absolute Gasteiger partial charge is 0.481 e. The number of aromatic nitrogens is 1. The highest BCUT2D eigenvalue weighted by Crippen LogP contribution is 2.32. The third-order valence-corrected chi connectivity index (χ3v) is 4.19. The van der Waals surface area contributed by atoms with E-state index in [4.69, 9.17) is 9.63 Å². The molecule has 0 spiro atoms. The zero-order valence-electron chi connectivity index (χ0n) is 12.9. The Balaban J connectivity index is 1.89. The van der Waals surface area contributed by atoms with Gasteiger partial charge in [0.05, 0.1) is 0 Å². The Morgan fingerprint density at radius 2 is 2.17 bits per heavy atom. The van der Waals surface area contributed by atoms with Gasteiger partial charge < -0.3 is 14.5 Å². The fourth-order valence-corrected chi connectivity index (χ4v) is 3.01. The van der Waals surface area contributed by atoms with Gasteiger partial charge in [-0.2, -0.15) is 0 Å². The lowest BCUT2D eigenvalue weighted by Crippen LogP contribution is -2.40. The number of hydrogen-bond acceptors (Lipinski definition) is 4. The van der Waals surface area contributed by atoms with Crippen molar-refractivity contribution in [3.63, 3.8) is 0 Å².